The number of halogens is 1. The van der Waals surface area contributed by atoms with Gasteiger partial charge in [-0.05, 0) is 56.5 Å². The number of carbonyl (C=O) groups is 2. The summed E-state index contributed by atoms with van der Waals surface area (Å²) in [4.78, 5) is 24.9. The highest BCUT2D eigenvalue weighted by molar-refractivity contribution is 9.10. The van der Waals surface area contributed by atoms with Gasteiger partial charge >= 0.3 is 6.09 Å². The molecule has 2 amide bonds. The van der Waals surface area contributed by atoms with E-state index in [1.165, 1.54) is 4.68 Å². The van der Waals surface area contributed by atoms with Crippen molar-refractivity contribution in [3.8, 4) is 0 Å². The highest BCUT2D eigenvalue weighted by Crippen LogP contribution is 2.35. The minimum absolute atomic E-state index is 0.127. The van der Waals surface area contributed by atoms with Gasteiger partial charge in [0.25, 0.3) is 5.91 Å². The highest BCUT2D eigenvalue weighted by atomic mass is 79.9. The molecule has 0 aromatic carbocycles. The topological polar surface area (TPSA) is 112 Å². The van der Waals surface area contributed by atoms with Crippen LogP contribution in [0.3, 0.4) is 0 Å². The molecule has 2 atom stereocenters. The van der Waals surface area contributed by atoms with Crippen LogP contribution in [-0.4, -0.2) is 49.8 Å². The van der Waals surface area contributed by atoms with Gasteiger partial charge in [0.2, 0.25) is 0 Å². The van der Waals surface area contributed by atoms with E-state index in [1.54, 1.807) is 17.8 Å². The van der Waals surface area contributed by atoms with Crippen LogP contribution in [0.4, 0.5) is 10.6 Å². The van der Waals surface area contributed by atoms with Crippen LogP contribution in [0.1, 0.15) is 69.2 Å². The highest BCUT2D eigenvalue weighted by Gasteiger charge is 2.40. The summed E-state index contributed by atoms with van der Waals surface area (Å²) < 4.78 is 15.3. The van der Waals surface area contributed by atoms with Crippen LogP contribution in [0.2, 0.25) is 0 Å². The van der Waals surface area contributed by atoms with Crippen LogP contribution in [-0.2, 0) is 22.1 Å². The van der Waals surface area contributed by atoms with Crippen molar-refractivity contribution in [1.82, 2.24) is 24.9 Å². The molecule has 2 N–H and O–H groups in total. The molecule has 0 radical (unpaired) electrons. The van der Waals surface area contributed by atoms with Gasteiger partial charge in [0.05, 0.1) is 17.8 Å². The molecule has 2 aromatic rings. The molecule has 4 rings (SSSR count). The summed E-state index contributed by atoms with van der Waals surface area (Å²) in [5.41, 5.74) is 0.600. The maximum Gasteiger partial charge on any atom is 0.407 e. The van der Waals surface area contributed by atoms with Crippen LogP contribution in [0, 0.1) is 0 Å². The van der Waals surface area contributed by atoms with E-state index in [4.69, 9.17) is 14.6 Å². The first-order valence-corrected chi connectivity index (χ1v) is 11.4. The standard InChI is InChI=1S/C21H29BrN6O4/c1-20(2,3)28-17(23-18(29)14-10-16(22)26-27(14)5)9-13(25-28)15-8-12(11-31-15)32-19(30)24-21(4)6-7-21/h9-10,12,15H,6-8,11H2,1-5H3,(H,23,29)(H,24,30)/t12-,15-/m1/s1. The third-order valence-corrected chi connectivity index (χ3v) is 6.04. The average Bonchev–Trinajstić information content (AvgIpc) is 3.05. The Labute approximate surface area is 195 Å². The van der Waals surface area contributed by atoms with E-state index in [-0.39, 0.29) is 29.2 Å². The van der Waals surface area contributed by atoms with Gasteiger partial charge in [0.1, 0.15) is 28.3 Å². The minimum atomic E-state index is -0.408. The van der Waals surface area contributed by atoms with Crippen molar-refractivity contribution in [3.05, 3.63) is 28.1 Å². The lowest BCUT2D eigenvalue weighted by Gasteiger charge is -2.22. The van der Waals surface area contributed by atoms with Crippen molar-refractivity contribution in [3.63, 3.8) is 0 Å². The third-order valence-electron chi connectivity index (χ3n) is 5.66. The molecule has 10 nitrogen and oxygen atoms in total. The van der Waals surface area contributed by atoms with Gasteiger partial charge < -0.3 is 20.1 Å². The van der Waals surface area contributed by atoms with Crippen LogP contribution in [0.25, 0.3) is 0 Å². The smallest absolute Gasteiger partial charge is 0.407 e. The zero-order valence-electron chi connectivity index (χ0n) is 18.9. The molecule has 0 unspecified atom stereocenters. The van der Waals surface area contributed by atoms with E-state index >= 15 is 0 Å². The van der Waals surface area contributed by atoms with E-state index in [0.717, 1.165) is 12.8 Å². The molecule has 2 aromatic heterocycles. The Morgan fingerprint density at radius 3 is 2.59 bits per heavy atom. The maximum atomic E-state index is 12.8. The molecule has 1 aliphatic carbocycles. The molecule has 1 saturated heterocycles. The van der Waals surface area contributed by atoms with Crippen LogP contribution in [0.5, 0.6) is 0 Å². The summed E-state index contributed by atoms with van der Waals surface area (Å²) >= 11 is 3.29. The third kappa shape index (κ3) is 4.98. The molecule has 2 aliphatic rings. The molecule has 32 heavy (non-hydrogen) atoms. The SMILES string of the molecule is Cn1nc(Br)cc1C(=O)Nc1cc([C@H]2C[C@@H](OC(=O)NC3(C)CC3)CO2)nn1C(C)(C)C. The predicted octanol–water partition coefficient (Wildman–Crippen LogP) is 3.50. The molecule has 174 valence electrons. The van der Waals surface area contributed by atoms with Crippen LogP contribution in [0.15, 0.2) is 16.7 Å². The number of rotatable bonds is 5. The summed E-state index contributed by atoms with van der Waals surface area (Å²) in [5.74, 6) is 0.267. The molecular weight excluding hydrogens is 480 g/mol. The number of anilines is 1. The number of hydrogen-bond donors (Lipinski definition) is 2. The van der Waals surface area contributed by atoms with Gasteiger partial charge in [-0.2, -0.15) is 10.2 Å². The predicted molar refractivity (Wildman–Crippen MR) is 120 cm³/mol. The molecule has 1 saturated carbocycles. The Hall–Kier alpha value is -2.40. The zero-order chi connectivity index (χ0) is 23.3. The number of aromatic nitrogens is 4. The van der Waals surface area contributed by atoms with Crippen molar-refractivity contribution in [1.29, 1.82) is 0 Å². The summed E-state index contributed by atoms with van der Waals surface area (Å²) in [6.07, 6.45) is 1.38. The average molecular weight is 509 g/mol. The second-order valence-electron chi connectivity index (χ2n) is 9.74. The molecule has 3 heterocycles. The lowest BCUT2D eigenvalue weighted by atomic mass is 10.1. The fraction of sp³-hybridized carbons (Fsp3) is 0.619. The first kappa shape index (κ1) is 22.8. The van der Waals surface area contributed by atoms with Gasteiger partial charge in [-0.1, -0.05) is 0 Å². The molecular formula is C21H29BrN6O4. The first-order chi connectivity index (χ1) is 14.9. The van der Waals surface area contributed by atoms with E-state index in [2.05, 4.69) is 31.7 Å². The molecule has 11 heteroatoms. The van der Waals surface area contributed by atoms with Crippen molar-refractivity contribution in [2.75, 3.05) is 11.9 Å². The van der Waals surface area contributed by atoms with Crippen molar-refractivity contribution < 1.29 is 19.1 Å². The van der Waals surface area contributed by atoms with Crippen molar-refractivity contribution >= 4 is 33.7 Å². The number of hydrogen-bond acceptors (Lipinski definition) is 6. The molecule has 0 bridgehead atoms. The maximum absolute atomic E-state index is 12.8. The number of amides is 2. The molecule has 2 fully saturated rings. The second kappa shape index (κ2) is 8.18. The van der Waals surface area contributed by atoms with E-state index in [9.17, 15) is 9.59 Å². The lowest BCUT2D eigenvalue weighted by Crippen LogP contribution is -2.37. The molecule has 0 spiro atoms. The Balaban J connectivity index is 1.46. The van der Waals surface area contributed by atoms with E-state index < -0.39 is 6.09 Å². The lowest BCUT2D eigenvalue weighted by molar-refractivity contribution is 0.0672. The van der Waals surface area contributed by atoms with Gasteiger partial charge in [-0.3, -0.25) is 9.48 Å². The van der Waals surface area contributed by atoms with Crippen molar-refractivity contribution in [2.24, 2.45) is 7.05 Å². The number of nitrogens with one attached hydrogen (secondary N) is 2. The minimum Gasteiger partial charge on any atom is -0.444 e. The van der Waals surface area contributed by atoms with Gasteiger partial charge in [-0.15, -0.1) is 0 Å². The van der Waals surface area contributed by atoms with Crippen molar-refractivity contribution in [2.45, 2.75) is 70.2 Å². The number of ether oxygens (including phenoxy) is 2. The summed E-state index contributed by atoms with van der Waals surface area (Å²) in [6, 6.07) is 3.47. The normalized spacial score (nSPS) is 21.9. The zero-order valence-corrected chi connectivity index (χ0v) is 20.5. The Morgan fingerprint density at radius 2 is 2.00 bits per heavy atom. The Kier molecular flexibility index (Phi) is 5.83. The number of nitrogens with zero attached hydrogens (tertiary/aromatic N) is 4. The Morgan fingerprint density at radius 1 is 1.28 bits per heavy atom. The quantitative estimate of drug-likeness (QED) is 0.638. The number of alkyl carbamates (subject to hydrolysis) is 1. The van der Waals surface area contributed by atoms with Gasteiger partial charge in [0.15, 0.2) is 0 Å². The fourth-order valence-electron chi connectivity index (χ4n) is 3.61. The van der Waals surface area contributed by atoms with Gasteiger partial charge in [0, 0.05) is 31.1 Å². The van der Waals surface area contributed by atoms with Crippen LogP contribution >= 0.6 is 15.9 Å². The number of carbonyl (C=O) groups excluding carboxylic acids is 2. The second-order valence-corrected chi connectivity index (χ2v) is 10.6. The first-order valence-electron chi connectivity index (χ1n) is 10.7. The van der Waals surface area contributed by atoms with E-state index in [1.807, 2.05) is 33.8 Å². The summed E-state index contributed by atoms with van der Waals surface area (Å²) in [5, 5.41) is 14.7. The van der Waals surface area contributed by atoms with Gasteiger partial charge in [-0.25, -0.2) is 9.48 Å². The monoisotopic (exact) mass is 508 g/mol. The molecule has 1 aliphatic heterocycles. The Bertz CT molecular complexity index is 1040. The largest absolute Gasteiger partial charge is 0.444 e. The van der Waals surface area contributed by atoms with Crippen LogP contribution < -0.4 is 10.6 Å². The summed E-state index contributed by atoms with van der Waals surface area (Å²) in [7, 11) is 1.71. The van der Waals surface area contributed by atoms with E-state index in [0.29, 0.717) is 34.8 Å². The fourth-order valence-corrected chi connectivity index (χ4v) is 4.06. The number of aryl methyl sites for hydroxylation is 1. The summed E-state index contributed by atoms with van der Waals surface area (Å²) in [6.45, 7) is 8.32.